The van der Waals surface area contributed by atoms with Gasteiger partial charge in [0, 0.05) is 12.5 Å². The fourth-order valence-electron chi connectivity index (χ4n) is 2.20. The normalized spacial score (nSPS) is 17.3. The predicted octanol–water partition coefficient (Wildman–Crippen LogP) is 0.705. The minimum absolute atomic E-state index is 0.00632. The van der Waals surface area contributed by atoms with Crippen LogP contribution in [0.2, 0.25) is 0 Å². The molecule has 2 heterocycles. The molecular weight excluding hydrogens is 210 g/mol. The number of aromatic carboxylic acids is 1. The Bertz CT molecular complexity index is 476. The molecule has 0 saturated heterocycles. The Morgan fingerprint density at radius 2 is 2.12 bits per heavy atom. The number of carboxylic acids is 1. The number of rotatable bonds is 1. The molecule has 1 aromatic heterocycles. The maximum atomic E-state index is 11.5. The standard InChI is InChI=1S/C10H13N3O3/c1-5(14)13-4-6-7(9(15)16)11-12-8(6)10(13,2)3/h4H2,1-3H3,(H,11,12)(H,15,16). The zero-order valence-electron chi connectivity index (χ0n) is 9.37. The van der Waals surface area contributed by atoms with Gasteiger partial charge in [-0.1, -0.05) is 0 Å². The molecule has 1 amide bonds. The lowest BCUT2D eigenvalue weighted by atomic mass is 10.0. The molecular formula is C10H13N3O3. The molecule has 6 nitrogen and oxygen atoms in total. The molecule has 6 heteroatoms. The van der Waals surface area contributed by atoms with Gasteiger partial charge < -0.3 is 10.0 Å². The molecule has 1 aliphatic heterocycles. The van der Waals surface area contributed by atoms with E-state index < -0.39 is 11.5 Å². The SMILES string of the molecule is CC(=O)N1Cc2c(C(=O)O)n[nH]c2C1(C)C. The fourth-order valence-corrected chi connectivity index (χ4v) is 2.20. The second kappa shape index (κ2) is 3.07. The van der Waals surface area contributed by atoms with Crippen LogP contribution in [0.4, 0.5) is 0 Å². The summed E-state index contributed by atoms with van der Waals surface area (Å²) in [6.45, 7) is 5.51. The van der Waals surface area contributed by atoms with Crippen molar-refractivity contribution in [2.24, 2.45) is 0 Å². The zero-order valence-corrected chi connectivity index (χ0v) is 9.37. The van der Waals surface area contributed by atoms with Gasteiger partial charge in [-0.2, -0.15) is 5.10 Å². The van der Waals surface area contributed by atoms with Gasteiger partial charge in [0.25, 0.3) is 0 Å². The molecule has 2 rings (SSSR count). The second-order valence-electron chi connectivity index (χ2n) is 4.40. The van der Waals surface area contributed by atoms with Gasteiger partial charge in [-0.25, -0.2) is 4.79 Å². The molecule has 0 saturated carbocycles. The third kappa shape index (κ3) is 1.22. The first kappa shape index (κ1) is 10.7. The average molecular weight is 223 g/mol. The molecule has 16 heavy (non-hydrogen) atoms. The highest BCUT2D eigenvalue weighted by Crippen LogP contribution is 2.38. The molecule has 0 aliphatic carbocycles. The maximum Gasteiger partial charge on any atom is 0.356 e. The number of aromatic amines is 1. The van der Waals surface area contributed by atoms with Crippen LogP contribution >= 0.6 is 0 Å². The summed E-state index contributed by atoms with van der Waals surface area (Å²) < 4.78 is 0. The van der Waals surface area contributed by atoms with E-state index in [4.69, 9.17) is 5.11 Å². The van der Waals surface area contributed by atoms with E-state index in [0.717, 1.165) is 0 Å². The molecule has 0 bridgehead atoms. The van der Waals surface area contributed by atoms with E-state index in [1.165, 1.54) is 6.92 Å². The monoisotopic (exact) mass is 223 g/mol. The molecule has 1 aromatic rings. The minimum Gasteiger partial charge on any atom is -0.476 e. The second-order valence-corrected chi connectivity index (χ2v) is 4.40. The first-order chi connectivity index (χ1) is 7.35. The van der Waals surface area contributed by atoms with Crippen LogP contribution < -0.4 is 0 Å². The van der Waals surface area contributed by atoms with Gasteiger partial charge in [-0.15, -0.1) is 0 Å². The largest absolute Gasteiger partial charge is 0.476 e. The van der Waals surface area contributed by atoms with Crippen LogP contribution in [0.5, 0.6) is 0 Å². The van der Waals surface area contributed by atoms with Gasteiger partial charge in [0.2, 0.25) is 5.91 Å². The lowest BCUT2D eigenvalue weighted by Crippen LogP contribution is -2.39. The van der Waals surface area contributed by atoms with E-state index in [-0.39, 0.29) is 11.6 Å². The van der Waals surface area contributed by atoms with Crippen molar-refractivity contribution in [2.45, 2.75) is 32.9 Å². The van der Waals surface area contributed by atoms with Crippen LogP contribution in [0.1, 0.15) is 42.5 Å². The van der Waals surface area contributed by atoms with Crippen molar-refractivity contribution >= 4 is 11.9 Å². The van der Waals surface area contributed by atoms with Crippen LogP contribution in [0.3, 0.4) is 0 Å². The average Bonchev–Trinajstić information content (AvgIpc) is 2.65. The van der Waals surface area contributed by atoms with Crippen molar-refractivity contribution in [3.05, 3.63) is 17.0 Å². The van der Waals surface area contributed by atoms with Gasteiger partial charge in [0.15, 0.2) is 5.69 Å². The van der Waals surface area contributed by atoms with Crippen molar-refractivity contribution in [3.63, 3.8) is 0 Å². The smallest absolute Gasteiger partial charge is 0.356 e. The van der Waals surface area contributed by atoms with Crippen LogP contribution in [0.25, 0.3) is 0 Å². The summed E-state index contributed by atoms with van der Waals surface area (Å²) in [7, 11) is 0. The number of hydrogen-bond donors (Lipinski definition) is 2. The van der Waals surface area contributed by atoms with E-state index in [0.29, 0.717) is 17.8 Å². The molecule has 0 fully saturated rings. The van der Waals surface area contributed by atoms with Crippen molar-refractivity contribution in [2.75, 3.05) is 0 Å². The third-order valence-electron chi connectivity index (χ3n) is 3.05. The summed E-state index contributed by atoms with van der Waals surface area (Å²) >= 11 is 0. The van der Waals surface area contributed by atoms with Crippen LogP contribution in [-0.4, -0.2) is 32.1 Å². The van der Waals surface area contributed by atoms with Crippen molar-refractivity contribution in [1.29, 1.82) is 0 Å². The Balaban J connectivity index is 2.52. The maximum absolute atomic E-state index is 11.5. The summed E-state index contributed by atoms with van der Waals surface area (Å²) in [6, 6.07) is 0. The number of H-pyrrole nitrogens is 1. The highest BCUT2D eigenvalue weighted by Gasteiger charge is 2.43. The molecule has 2 N–H and O–H groups in total. The number of carboxylic acid groups (broad SMARTS) is 1. The first-order valence-electron chi connectivity index (χ1n) is 4.95. The van der Waals surface area contributed by atoms with E-state index >= 15 is 0 Å². The van der Waals surface area contributed by atoms with E-state index in [2.05, 4.69) is 10.2 Å². The topological polar surface area (TPSA) is 86.3 Å². The zero-order chi connectivity index (χ0) is 12.1. The highest BCUT2D eigenvalue weighted by atomic mass is 16.4. The summed E-state index contributed by atoms with van der Waals surface area (Å²) in [6.07, 6.45) is 0. The molecule has 1 aliphatic rings. The number of nitrogens with zero attached hydrogens (tertiary/aromatic N) is 2. The molecule has 0 spiro atoms. The number of hydrogen-bond acceptors (Lipinski definition) is 3. The third-order valence-corrected chi connectivity index (χ3v) is 3.05. The summed E-state index contributed by atoms with van der Waals surface area (Å²) in [4.78, 5) is 24.0. The minimum atomic E-state index is -1.07. The van der Waals surface area contributed by atoms with E-state index in [1.54, 1.807) is 4.90 Å². The number of amides is 1. The van der Waals surface area contributed by atoms with E-state index in [1.807, 2.05) is 13.8 Å². The van der Waals surface area contributed by atoms with Crippen LogP contribution in [0, 0.1) is 0 Å². The van der Waals surface area contributed by atoms with Crippen molar-refractivity contribution in [1.82, 2.24) is 15.1 Å². The number of carbonyl (C=O) groups is 2. The Morgan fingerprint density at radius 3 is 2.62 bits per heavy atom. The number of carbonyl (C=O) groups excluding carboxylic acids is 1. The Kier molecular flexibility index (Phi) is 2.04. The lowest BCUT2D eigenvalue weighted by molar-refractivity contribution is -0.134. The quantitative estimate of drug-likeness (QED) is 0.733. The molecule has 0 aromatic carbocycles. The summed E-state index contributed by atoms with van der Waals surface area (Å²) in [5, 5.41) is 15.4. The Hall–Kier alpha value is -1.85. The predicted molar refractivity (Wildman–Crippen MR) is 54.8 cm³/mol. The molecule has 86 valence electrons. The van der Waals surface area contributed by atoms with Gasteiger partial charge >= 0.3 is 5.97 Å². The number of nitrogens with one attached hydrogen (secondary N) is 1. The molecule has 0 radical (unpaired) electrons. The summed E-state index contributed by atoms with van der Waals surface area (Å²) in [5.74, 6) is -1.15. The van der Waals surface area contributed by atoms with Crippen LogP contribution in [0.15, 0.2) is 0 Å². The Labute approximate surface area is 92.3 Å². The molecule has 0 unspecified atom stereocenters. The number of aromatic nitrogens is 2. The lowest BCUT2D eigenvalue weighted by Gasteiger charge is -2.30. The van der Waals surface area contributed by atoms with Crippen LogP contribution in [-0.2, 0) is 16.9 Å². The first-order valence-corrected chi connectivity index (χ1v) is 4.95. The van der Waals surface area contributed by atoms with Crippen molar-refractivity contribution in [3.8, 4) is 0 Å². The summed E-state index contributed by atoms with van der Waals surface area (Å²) in [5.41, 5.74) is 0.793. The van der Waals surface area contributed by atoms with E-state index in [9.17, 15) is 9.59 Å². The fraction of sp³-hybridized carbons (Fsp3) is 0.500. The van der Waals surface area contributed by atoms with Gasteiger partial charge in [0.1, 0.15) is 0 Å². The van der Waals surface area contributed by atoms with Gasteiger partial charge in [-0.3, -0.25) is 9.89 Å². The van der Waals surface area contributed by atoms with Gasteiger partial charge in [-0.05, 0) is 13.8 Å². The van der Waals surface area contributed by atoms with Gasteiger partial charge in [0.05, 0.1) is 17.8 Å². The Morgan fingerprint density at radius 1 is 1.50 bits per heavy atom. The highest BCUT2D eigenvalue weighted by molar-refractivity contribution is 5.88. The number of fused-ring (bicyclic) bond motifs is 1. The van der Waals surface area contributed by atoms with Crippen molar-refractivity contribution < 1.29 is 14.7 Å². The molecule has 0 atom stereocenters.